The molecule has 1 aliphatic rings. The summed E-state index contributed by atoms with van der Waals surface area (Å²) in [6.45, 7) is 0. The highest BCUT2D eigenvalue weighted by atomic mass is 32.1. The van der Waals surface area contributed by atoms with E-state index in [2.05, 4.69) is 35.3 Å². The molecule has 2 aromatic carbocycles. The summed E-state index contributed by atoms with van der Waals surface area (Å²) in [6.07, 6.45) is 4.90. The van der Waals surface area contributed by atoms with Crippen molar-refractivity contribution in [3.05, 3.63) is 70.7 Å². The van der Waals surface area contributed by atoms with Gasteiger partial charge in [-0.3, -0.25) is 0 Å². The van der Waals surface area contributed by atoms with Gasteiger partial charge in [0.05, 0.1) is 24.8 Å². The Morgan fingerprint density at radius 2 is 1.81 bits per heavy atom. The first-order chi connectivity index (χ1) is 15.2. The fourth-order valence-electron chi connectivity index (χ4n) is 4.19. The predicted octanol–water partition coefficient (Wildman–Crippen LogP) is 5.57. The highest BCUT2D eigenvalue weighted by Gasteiger charge is 2.26. The molecule has 0 radical (unpaired) electrons. The van der Waals surface area contributed by atoms with Crippen LogP contribution in [0.25, 0.3) is 0 Å². The van der Waals surface area contributed by atoms with Crippen molar-refractivity contribution in [1.29, 1.82) is 5.26 Å². The number of benzene rings is 2. The van der Waals surface area contributed by atoms with E-state index in [4.69, 9.17) is 15.2 Å². The third kappa shape index (κ3) is 5.18. The van der Waals surface area contributed by atoms with E-state index in [1.54, 1.807) is 7.11 Å². The number of thiazole rings is 1. The fraction of sp³-hybridized carbons (Fsp3) is 0.360. The zero-order chi connectivity index (χ0) is 21.6. The van der Waals surface area contributed by atoms with Crippen molar-refractivity contribution in [3.63, 3.8) is 0 Å². The molecule has 1 saturated carbocycles. The summed E-state index contributed by atoms with van der Waals surface area (Å²) in [6, 6.07) is 18.8. The normalized spacial score (nSPS) is 19.4. The third-order valence-electron chi connectivity index (χ3n) is 5.93. The van der Waals surface area contributed by atoms with Crippen LogP contribution in [-0.2, 0) is 6.42 Å². The molecule has 4 rings (SSSR count). The summed E-state index contributed by atoms with van der Waals surface area (Å²) in [7, 11) is 1.67. The van der Waals surface area contributed by atoms with Gasteiger partial charge in [0.1, 0.15) is 17.6 Å². The Labute approximate surface area is 187 Å². The number of nitrogens with zero attached hydrogens (tertiary/aromatic N) is 2. The SMILES string of the molecule is COc1ccc(CC(c2ccc(OC3CCCCC3C#N)cc2)c2csc(N)n2)cc1. The van der Waals surface area contributed by atoms with Crippen molar-refractivity contribution in [3.8, 4) is 17.6 Å². The van der Waals surface area contributed by atoms with Crippen molar-refractivity contribution >= 4 is 16.5 Å². The summed E-state index contributed by atoms with van der Waals surface area (Å²) < 4.78 is 11.5. The highest BCUT2D eigenvalue weighted by Crippen LogP contribution is 2.33. The minimum atomic E-state index is -0.0192. The summed E-state index contributed by atoms with van der Waals surface area (Å²) in [5.74, 6) is 1.74. The maximum absolute atomic E-state index is 9.40. The number of anilines is 1. The Morgan fingerprint density at radius 3 is 2.45 bits per heavy atom. The van der Waals surface area contributed by atoms with E-state index in [9.17, 15) is 5.26 Å². The average molecular weight is 434 g/mol. The van der Waals surface area contributed by atoms with Crippen molar-refractivity contribution in [2.75, 3.05) is 12.8 Å². The molecule has 3 aromatic rings. The molecule has 1 aliphatic carbocycles. The minimum Gasteiger partial charge on any atom is -0.497 e. The van der Waals surface area contributed by atoms with Gasteiger partial charge in [0.15, 0.2) is 5.13 Å². The van der Waals surface area contributed by atoms with Crippen molar-refractivity contribution in [1.82, 2.24) is 4.98 Å². The van der Waals surface area contributed by atoms with Gasteiger partial charge >= 0.3 is 0 Å². The number of nitrogen functional groups attached to an aromatic ring is 1. The van der Waals surface area contributed by atoms with Crippen LogP contribution in [0.5, 0.6) is 11.5 Å². The molecule has 5 nitrogen and oxygen atoms in total. The lowest BCUT2D eigenvalue weighted by molar-refractivity contribution is 0.120. The second-order valence-corrected chi connectivity index (χ2v) is 8.85. The molecule has 2 N–H and O–H groups in total. The number of rotatable bonds is 7. The maximum Gasteiger partial charge on any atom is 0.180 e. The maximum atomic E-state index is 9.40. The zero-order valence-electron chi connectivity index (χ0n) is 17.7. The number of hydrogen-bond donors (Lipinski definition) is 1. The van der Waals surface area contributed by atoms with E-state index in [0.29, 0.717) is 5.13 Å². The van der Waals surface area contributed by atoms with Gasteiger partial charge in [-0.2, -0.15) is 5.26 Å². The van der Waals surface area contributed by atoms with E-state index in [-0.39, 0.29) is 17.9 Å². The molecular weight excluding hydrogens is 406 g/mol. The fourth-order valence-corrected chi connectivity index (χ4v) is 4.81. The number of aromatic nitrogens is 1. The molecule has 0 bridgehead atoms. The van der Waals surface area contributed by atoms with Crippen LogP contribution in [-0.4, -0.2) is 18.2 Å². The first kappa shape index (κ1) is 21.2. The molecular formula is C25H27N3O2S. The van der Waals surface area contributed by atoms with Crippen LogP contribution in [0.15, 0.2) is 53.9 Å². The van der Waals surface area contributed by atoms with E-state index in [1.807, 2.05) is 29.6 Å². The number of hydrogen-bond acceptors (Lipinski definition) is 6. The molecule has 0 saturated heterocycles. The monoisotopic (exact) mass is 433 g/mol. The second-order valence-electron chi connectivity index (χ2n) is 7.96. The average Bonchev–Trinajstić information content (AvgIpc) is 3.25. The molecule has 0 amide bonds. The van der Waals surface area contributed by atoms with Crippen molar-refractivity contribution in [2.24, 2.45) is 5.92 Å². The molecule has 1 heterocycles. The van der Waals surface area contributed by atoms with Gasteiger partial charge in [-0.05, 0) is 61.1 Å². The lowest BCUT2D eigenvalue weighted by Gasteiger charge is -2.27. The summed E-state index contributed by atoms with van der Waals surface area (Å²) in [4.78, 5) is 4.56. The molecule has 1 fully saturated rings. The van der Waals surface area contributed by atoms with Gasteiger partial charge < -0.3 is 15.2 Å². The van der Waals surface area contributed by atoms with Gasteiger partial charge in [-0.1, -0.05) is 30.7 Å². The quantitative estimate of drug-likeness (QED) is 0.527. The molecule has 3 unspecified atom stereocenters. The predicted molar refractivity (Wildman–Crippen MR) is 123 cm³/mol. The Kier molecular flexibility index (Phi) is 6.73. The first-order valence-corrected chi connectivity index (χ1v) is 11.5. The lowest BCUT2D eigenvalue weighted by atomic mass is 9.87. The van der Waals surface area contributed by atoms with Crippen LogP contribution >= 0.6 is 11.3 Å². The standard InChI is InChI=1S/C25H27N3O2S/c1-29-20-10-6-17(7-11-20)14-22(23-16-31-25(27)28-23)18-8-12-21(13-9-18)30-24-5-3-2-4-19(24)15-26/h6-13,16,19,22,24H,2-5,14H2,1H3,(H2,27,28). The molecule has 6 heteroatoms. The lowest BCUT2D eigenvalue weighted by Crippen LogP contribution is -2.29. The van der Waals surface area contributed by atoms with Crippen LogP contribution in [0.4, 0.5) is 5.13 Å². The van der Waals surface area contributed by atoms with E-state index < -0.39 is 0 Å². The van der Waals surface area contributed by atoms with Gasteiger partial charge in [0, 0.05) is 11.3 Å². The van der Waals surface area contributed by atoms with E-state index in [1.165, 1.54) is 16.9 Å². The summed E-state index contributed by atoms with van der Waals surface area (Å²) in [5, 5.41) is 12.0. The van der Waals surface area contributed by atoms with Gasteiger partial charge in [-0.25, -0.2) is 4.98 Å². The van der Waals surface area contributed by atoms with Crippen LogP contribution in [0.3, 0.4) is 0 Å². The molecule has 1 aromatic heterocycles. The topological polar surface area (TPSA) is 81.2 Å². The smallest absolute Gasteiger partial charge is 0.180 e. The van der Waals surface area contributed by atoms with Crippen LogP contribution in [0, 0.1) is 17.2 Å². The van der Waals surface area contributed by atoms with Crippen LogP contribution in [0.2, 0.25) is 0 Å². The minimum absolute atomic E-state index is 0.0157. The number of nitriles is 1. The Bertz CT molecular complexity index is 1020. The highest BCUT2D eigenvalue weighted by molar-refractivity contribution is 7.13. The Balaban J connectivity index is 1.54. The van der Waals surface area contributed by atoms with Gasteiger partial charge in [0.25, 0.3) is 0 Å². The first-order valence-electron chi connectivity index (χ1n) is 10.7. The molecule has 0 spiro atoms. The third-order valence-corrected chi connectivity index (χ3v) is 6.63. The zero-order valence-corrected chi connectivity index (χ0v) is 18.5. The number of methoxy groups -OCH3 is 1. The number of ether oxygens (including phenoxy) is 2. The van der Waals surface area contributed by atoms with Crippen molar-refractivity contribution < 1.29 is 9.47 Å². The van der Waals surface area contributed by atoms with Gasteiger partial charge in [0.2, 0.25) is 0 Å². The molecule has 31 heavy (non-hydrogen) atoms. The Morgan fingerprint density at radius 1 is 1.10 bits per heavy atom. The largest absolute Gasteiger partial charge is 0.497 e. The van der Waals surface area contributed by atoms with Crippen molar-refractivity contribution in [2.45, 2.75) is 44.1 Å². The van der Waals surface area contributed by atoms with E-state index in [0.717, 1.165) is 54.9 Å². The van der Waals surface area contributed by atoms with E-state index >= 15 is 0 Å². The molecule has 0 aliphatic heterocycles. The summed E-state index contributed by atoms with van der Waals surface area (Å²) >= 11 is 1.46. The number of nitrogens with two attached hydrogens (primary N) is 1. The second kappa shape index (κ2) is 9.84. The van der Waals surface area contributed by atoms with Crippen LogP contribution in [0.1, 0.15) is 48.4 Å². The molecule has 160 valence electrons. The van der Waals surface area contributed by atoms with Gasteiger partial charge in [-0.15, -0.1) is 11.3 Å². The summed E-state index contributed by atoms with van der Waals surface area (Å²) in [5.41, 5.74) is 9.27. The molecule has 3 atom stereocenters. The Hall–Kier alpha value is -3.04. The van der Waals surface area contributed by atoms with Crippen LogP contribution < -0.4 is 15.2 Å².